The lowest BCUT2D eigenvalue weighted by Gasteiger charge is -2.13. The summed E-state index contributed by atoms with van der Waals surface area (Å²) in [6.07, 6.45) is 0.266. The number of non-ortho nitro benzene ring substituents is 1. The van der Waals surface area contributed by atoms with E-state index in [0.717, 1.165) is 29.2 Å². The Morgan fingerprint density at radius 1 is 1.25 bits per heavy atom. The number of halogens is 2. The third kappa shape index (κ3) is 6.16. The van der Waals surface area contributed by atoms with E-state index in [9.17, 15) is 19.7 Å². The van der Waals surface area contributed by atoms with Gasteiger partial charge < -0.3 is 4.74 Å². The molecule has 0 unspecified atom stereocenters. The van der Waals surface area contributed by atoms with Gasteiger partial charge in [-0.15, -0.1) is 10.2 Å². The highest BCUT2D eigenvalue weighted by Crippen LogP contribution is 2.33. The lowest BCUT2D eigenvalue weighted by atomic mass is 10.1. The molecule has 0 aliphatic rings. The van der Waals surface area contributed by atoms with Crippen LogP contribution in [-0.2, 0) is 16.0 Å². The van der Waals surface area contributed by atoms with E-state index in [1.807, 2.05) is 0 Å². The van der Waals surface area contributed by atoms with Crippen LogP contribution in [0.2, 0.25) is 10.0 Å². The van der Waals surface area contributed by atoms with Gasteiger partial charge in [-0.1, -0.05) is 58.4 Å². The van der Waals surface area contributed by atoms with E-state index in [4.69, 9.17) is 27.9 Å². The number of nitrogens with zero attached hydrogens (tertiary/aromatic N) is 3. The SMILES string of the molecule is COC(=O)[C@@H](Cc1ccc(Cl)cc1Cl)Sc1nnc(NC(=O)c2cccc([N+](=O)[O-])c2)s1. The quantitative estimate of drug-likeness (QED) is 0.149. The summed E-state index contributed by atoms with van der Waals surface area (Å²) >= 11 is 14.3. The molecule has 13 heteroatoms. The molecule has 1 amide bonds. The van der Waals surface area contributed by atoms with Gasteiger partial charge in [-0.25, -0.2) is 0 Å². The van der Waals surface area contributed by atoms with Crippen molar-refractivity contribution in [2.45, 2.75) is 16.0 Å². The molecule has 2 aromatic carbocycles. The maximum absolute atomic E-state index is 12.4. The number of carbonyl (C=O) groups excluding carboxylic acids is 2. The summed E-state index contributed by atoms with van der Waals surface area (Å²) in [6, 6.07) is 10.3. The minimum absolute atomic E-state index is 0.105. The number of carbonyl (C=O) groups is 2. The Labute approximate surface area is 200 Å². The number of ether oxygens (including phenoxy) is 1. The van der Waals surface area contributed by atoms with E-state index in [1.165, 1.54) is 25.3 Å². The normalized spacial score (nSPS) is 11.6. The number of aromatic nitrogens is 2. The molecule has 166 valence electrons. The fraction of sp³-hybridized carbons (Fsp3) is 0.158. The first kappa shape index (κ1) is 23.9. The molecular weight excluding hydrogens is 499 g/mol. The summed E-state index contributed by atoms with van der Waals surface area (Å²) in [4.78, 5) is 35.0. The Morgan fingerprint density at radius 2 is 2.03 bits per heavy atom. The van der Waals surface area contributed by atoms with Crippen LogP contribution in [0.15, 0.2) is 46.8 Å². The first-order chi connectivity index (χ1) is 15.3. The van der Waals surface area contributed by atoms with Crippen LogP contribution in [0.4, 0.5) is 10.8 Å². The second-order valence-corrected chi connectivity index (χ2v) is 9.48. The largest absolute Gasteiger partial charge is 0.468 e. The third-order valence-electron chi connectivity index (χ3n) is 4.07. The minimum atomic E-state index is -0.660. The van der Waals surface area contributed by atoms with Crippen LogP contribution < -0.4 is 5.32 Å². The molecule has 0 fully saturated rings. The Balaban J connectivity index is 1.71. The average molecular weight is 513 g/mol. The number of rotatable bonds is 8. The van der Waals surface area contributed by atoms with Gasteiger partial charge in [0, 0.05) is 27.7 Å². The summed E-state index contributed by atoms with van der Waals surface area (Å²) in [7, 11) is 1.28. The number of esters is 1. The predicted molar refractivity (Wildman–Crippen MR) is 123 cm³/mol. The molecule has 3 rings (SSSR count). The number of nitro groups is 1. The van der Waals surface area contributed by atoms with Crippen molar-refractivity contribution in [2.75, 3.05) is 12.4 Å². The van der Waals surface area contributed by atoms with Gasteiger partial charge >= 0.3 is 5.97 Å². The molecular formula is C19H14Cl2N4O5S2. The molecule has 0 aliphatic carbocycles. The van der Waals surface area contributed by atoms with Crippen molar-refractivity contribution in [3.63, 3.8) is 0 Å². The molecule has 0 saturated heterocycles. The summed E-state index contributed by atoms with van der Waals surface area (Å²) in [5.41, 5.74) is 0.615. The number of nitrogens with one attached hydrogen (secondary N) is 1. The van der Waals surface area contributed by atoms with E-state index < -0.39 is 22.0 Å². The Hall–Kier alpha value is -2.73. The highest BCUT2D eigenvalue weighted by molar-refractivity contribution is 8.02. The van der Waals surface area contributed by atoms with Gasteiger partial charge in [0.2, 0.25) is 5.13 Å². The molecule has 3 aromatic rings. The maximum Gasteiger partial charge on any atom is 0.319 e. The van der Waals surface area contributed by atoms with Crippen molar-refractivity contribution >= 4 is 69.0 Å². The zero-order valence-corrected chi connectivity index (χ0v) is 19.4. The smallest absolute Gasteiger partial charge is 0.319 e. The first-order valence-corrected chi connectivity index (χ1v) is 11.3. The molecule has 9 nitrogen and oxygen atoms in total. The maximum atomic E-state index is 12.4. The minimum Gasteiger partial charge on any atom is -0.468 e. The van der Waals surface area contributed by atoms with E-state index in [-0.39, 0.29) is 22.8 Å². The van der Waals surface area contributed by atoms with Crippen LogP contribution in [0.1, 0.15) is 15.9 Å². The highest BCUT2D eigenvalue weighted by Gasteiger charge is 2.25. The van der Waals surface area contributed by atoms with E-state index in [0.29, 0.717) is 19.9 Å². The number of amides is 1. The van der Waals surface area contributed by atoms with Gasteiger partial charge in [0.1, 0.15) is 5.25 Å². The lowest BCUT2D eigenvalue weighted by molar-refractivity contribution is -0.384. The van der Waals surface area contributed by atoms with Gasteiger partial charge in [-0.2, -0.15) is 0 Å². The highest BCUT2D eigenvalue weighted by atomic mass is 35.5. The number of benzene rings is 2. The van der Waals surface area contributed by atoms with Crippen LogP contribution in [0.3, 0.4) is 0 Å². The van der Waals surface area contributed by atoms with E-state index in [2.05, 4.69) is 15.5 Å². The molecule has 1 N–H and O–H groups in total. The molecule has 1 heterocycles. The Morgan fingerprint density at radius 3 is 2.72 bits per heavy atom. The van der Waals surface area contributed by atoms with Gasteiger partial charge in [0.15, 0.2) is 4.34 Å². The van der Waals surface area contributed by atoms with Crippen LogP contribution in [0.5, 0.6) is 0 Å². The van der Waals surface area contributed by atoms with Gasteiger partial charge in [0.05, 0.1) is 12.0 Å². The summed E-state index contributed by atoms with van der Waals surface area (Å²) < 4.78 is 5.30. The number of nitro benzene ring substituents is 1. The summed E-state index contributed by atoms with van der Waals surface area (Å²) in [5.74, 6) is -1.04. The van der Waals surface area contributed by atoms with Crippen molar-refractivity contribution in [3.05, 3.63) is 73.8 Å². The number of thioether (sulfide) groups is 1. The van der Waals surface area contributed by atoms with E-state index in [1.54, 1.807) is 18.2 Å². The summed E-state index contributed by atoms with van der Waals surface area (Å²) in [5, 5.41) is 21.7. The van der Waals surface area contributed by atoms with Crippen LogP contribution in [0.25, 0.3) is 0 Å². The first-order valence-electron chi connectivity index (χ1n) is 8.84. The fourth-order valence-corrected chi connectivity index (χ4v) is 5.07. The second kappa shape index (κ2) is 10.7. The molecule has 32 heavy (non-hydrogen) atoms. The van der Waals surface area contributed by atoms with E-state index >= 15 is 0 Å². The fourth-order valence-electron chi connectivity index (χ4n) is 2.55. The third-order valence-corrected chi connectivity index (χ3v) is 6.76. The number of hydrogen-bond donors (Lipinski definition) is 1. The zero-order chi connectivity index (χ0) is 23.3. The van der Waals surface area contributed by atoms with Gasteiger partial charge in [-0.05, 0) is 30.2 Å². The average Bonchev–Trinajstić information content (AvgIpc) is 3.21. The summed E-state index contributed by atoms with van der Waals surface area (Å²) in [6.45, 7) is 0. The number of methoxy groups -OCH3 is 1. The van der Waals surface area contributed by atoms with Crippen molar-refractivity contribution in [1.82, 2.24) is 10.2 Å². The zero-order valence-electron chi connectivity index (χ0n) is 16.3. The van der Waals surface area contributed by atoms with Crippen LogP contribution in [0, 0.1) is 10.1 Å². The molecule has 0 aliphatic heterocycles. The van der Waals surface area contributed by atoms with Crippen LogP contribution >= 0.6 is 46.3 Å². The number of hydrogen-bond acceptors (Lipinski definition) is 9. The number of anilines is 1. The van der Waals surface area contributed by atoms with Crippen LogP contribution in [-0.4, -0.2) is 39.4 Å². The molecule has 0 radical (unpaired) electrons. The standard InChI is InChI=1S/C19H14Cl2N4O5S2/c1-30-17(27)15(8-10-5-6-12(20)9-14(10)21)31-19-24-23-18(32-19)22-16(26)11-3-2-4-13(7-11)25(28)29/h2-7,9,15H,8H2,1H3,(H,22,23,26)/t15-/m1/s1. The van der Waals surface area contributed by atoms with Crippen molar-refractivity contribution in [3.8, 4) is 0 Å². The molecule has 1 aromatic heterocycles. The molecule has 1 atom stereocenters. The molecule has 0 bridgehead atoms. The lowest BCUT2D eigenvalue weighted by Crippen LogP contribution is -2.21. The molecule has 0 saturated carbocycles. The Kier molecular flexibility index (Phi) is 8.02. The van der Waals surface area contributed by atoms with Gasteiger partial charge in [0.25, 0.3) is 11.6 Å². The molecule has 0 spiro atoms. The van der Waals surface area contributed by atoms with Crippen molar-refractivity contribution < 1.29 is 19.2 Å². The predicted octanol–water partition coefficient (Wildman–Crippen LogP) is 4.88. The second-order valence-electron chi connectivity index (χ2n) is 6.20. The van der Waals surface area contributed by atoms with Crippen molar-refractivity contribution in [1.29, 1.82) is 0 Å². The monoisotopic (exact) mass is 512 g/mol. The van der Waals surface area contributed by atoms with Crippen molar-refractivity contribution in [2.24, 2.45) is 0 Å². The Bertz CT molecular complexity index is 1170. The van der Waals surface area contributed by atoms with Gasteiger partial charge in [-0.3, -0.25) is 25.0 Å². The topological polar surface area (TPSA) is 124 Å².